The summed E-state index contributed by atoms with van der Waals surface area (Å²) in [5.41, 5.74) is 6.09. The number of ether oxygens (including phenoxy) is 1. The molecule has 1 atom stereocenters. The van der Waals surface area contributed by atoms with Crippen LogP contribution in [0.15, 0.2) is 0 Å². The lowest BCUT2D eigenvalue weighted by molar-refractivity contribution is 0.0577. The first kappa shape index (κ1) is 15.9. The van der Waals surface area contributed by atoms with Crippen LogP contribution in [0.4, 0.5) is 0 Å². The number of hydrogen-bond acceptors (Lipinski definition) is 3. The van der Waals surface area contributed by atoms with Gasteiger partial charge in [0.05, 0.1) is 6.61 Å². The van der Waals surface area contributed by atoms with Crippen LogP contribution in [0.25, 0.3) is 0 Å². The molecule has 1 fully saturated rings. The molecule has 0 saturated heterocycles. The molecular weight excluding hydrogens is 224 g/mol. The number of nitrogens with two attached hydrogens (primary N) is 1. The van der Waals surface area contributed by atoms with Crippen LogP contribution in [0.5, 0.6) is 0 Å². The smallest absolute Gasteiger partial charge is 0.0589 e. The number of rotatable bonds is 9. The van der Waals surface area contributed by atoms with Gasteiger partial charge in [0, 0.05) is 32.3 Å². The summed E-state index contributed by atoms with van der Waals surface area (Å²) in [5.74, 6) is 0.812. The standard InChI is InChI=1S/C15H32N2O/c1-4-14(5-2)17(10-11-18-3)15(12-16)13-8-6-7-9-13/h13-15H,4-12,16H2,1-3H3. The second-order valence-corrected chi connectivity index (χ2v) is 5.55. The van der Waals surface area contributed by atoms with E-state index >= 15 is 0 Å². The lowest BCUT2D eigenvalue weighted by Gasteiger charge is -2.40. The van der Waals surface area contributed by atoms with Gasteiger partial charge in [-0.3, -0.25) is 4.90 Å². The molecule has 1 unspecified atom stereocenters. The Kier molecular flexibility index (Phi) is 7.87. The molecule has 18 heavy (non-hydrogen) atoms. The van der Waals surface area contributed by atoms with Gasteiger partial charge < -0.3 is 10.5 Å². The maximum Gasteiger partial charge on any atom is 0.0589 e. The van der Waals surface area contributed by atoms with Crippen LogP contribution < -0.4 is 5.73 Å². The fourth-order valence-corrected chi connectivity index (χ4v) is 3.51. The fourth-order valence-electron chi connectivity index (χ4n) is 3.51. The summed E-state index contributed by atoms with van der Waals surface area (Å²) in [7, 11) is 1.79. The van der Waals surface area contributed by atoms with Gasteiger partial charge in [0.2, 0.25) is 0 Å². The fraction of sp³-hybridized carbons (Fsp3) is 1.00. The number of hydrogen-bond donors (Lipinski definition) is 1. The molecule has 0 amide bonds. The quantitative estimate of drug-likeness (QED) is 0.689. The van der Waals surface area contributed by atoms with Crippen molar-refractivity contribution in [2.45, 2.75) is 64.5 Å². The molecule has 0 bridgehead atoms. The first-order valence-corrected chi connectivity index (χ1v) is 7.73. The molecule has 0 radical (unpaired) electrons. The summed E-state index contributed by atoms with van der Waals surface area (Å²) in [6.45, 7) is 7.22. The Morgan fingerprint density at radius 3 is 2.28 bits per heavy atom. The van der Waals surface area contributed by atoms with Crippen LogP contribution in [0.3, 0.4) is 0 Å². The Hall–Kier alpha value is -0.120. The van der Waals surface area contributed by atoms with Crippen LogP contribution in [-0.2, 0) is 4.74 Å². The van der Waals surface area contributed by atoms with Crippen molar-refractivity contribution in [1.29, 1.82) is 0 Å². The molecular formula is C15H32N2O. The van der Waals surface area contributed by atoms with E-state index in [9.17, 15) is 0 Å². The van der Waals surface area contributed by atoms with Crippen molar-refractivity contribution in [2.24, 2.45) is 11.7 Å². The van der Waals surface area contributed by atoms with E-state index in [-0.39, 0.29) is 0 Å². The first-order valence-electron chi connectivity index (χ1n) is 7.73. The lowest BCUT2D eigenvalue weighted by atomic mass is 9.94. The van der Waals surface area contributed by atoms with E-state index in [2.05, 4.69) is 18.7 Å². The van der Waals surface area contributed by atoms with Gasteiger partial charge in [0.25, 0.3) is 0 Å². The van der Waals surface area contributed by atoms with E-state index in [0.29, 0.717) is 12.1 Å². The predicted molar refractivity (Wildman–Crippen MR) is 77.8 cm³/mol. The Bertz CT molecular complexity index is 201. The van der Waals surface area contributed by atoms with E-state index < -0.39 is 0 Å². The summed E-state index contributed by atoms with van der Waals surface area (Å²) in [6.07, 6.45) is 7.94. The van der Waals surface area contributed by atoms with Crippen LogP contribution in [0.2, 0.25) is 0 Å². The van der Waals surface area contributed by atoms with Gasteiger partial charge in [-0.1, -0.05) is 26.7 Å². The Morgan fingerprint density at radius 1 is 1.22 bits per heavy atom. The van der Waals surface area contributed by atoms with Crippen molar-refractivity contribution in [3.63, 3.8) is 0 Å². The summed E-state index contributed by atoms with van der Waals surface area (Å²) in [5, 5.41) is 0. The normalized spacial score (nSPS) is 19.0. The third kappa shape index (κ3) is 4.22. The largest absolute Gasteiger partial charge is 0.383 e. The molecule has 0 aliphatic heterocycles. The zero-order valence-electron chi connectivity index (χ0n) is 12.5. The van der Waals surface area contributed by atoms with E-state index in [1.807, 2.05) is 0 Å². The van der Waals surface area contributed by atoms with Gasteiger partial charge in [-0.2, -0.15) is 0 Å². The Morgan fingerprint density at radius 2 is 1.83 bits per heavy atom. The SMILES string of the molecule is CCC(CC)N(CCOC)C(CN)C1CCCC1. The molecule has 1 rings (SSSR count). The molecule has 0 heterocycles. The average Bonchev–Trinajstić information content (AvgIpc) is 2.91. The summed E-state index contributed by atoms with van der Waals surface area (Å²) in [4.78, 5) is 2.64. The lowest BCUT2D eigenvalue weighted by Crippen LogP contribution is -2.51. The van der Waals surface area contributed by atoms with Crippen LogP contribution >= 0.6 is 0 Å². The van der Waals surface area contributed by atoms with Gasteiger partial charge in [-0.25, -0.2) is 0 Å². The monoisotopic (exact) mass is 256 g/mol. The minimum Gasteiger partial charge on any atom is -0.383 e. The molecule has 2 N–H and O–H groups in total. The van der Waals surface area contributed by atoms with Crippen molar-refractivity contribution in [1.82, 2.24) is 4.90 Å². The van der Waals surface area contributed by atoms with Crippen LogP contribution in [0, 0.1) is 5.92 Å². The highest BCUT2D eigenvalue weighted by atomic mass is 16.5. The molecule has 0 aromatic rings. The maximum absolute atomic E-state index is 6.09. The molecule has 1 aliphatic carbocycles. The highest BCUT2D eigenvalue weighted by Gasteiger charge is 2.31. The second kappa shape index (κ2) is 8.89. The zero-order chi connectivity index (χ0) is 13.4. The van der Waals surface area contributed by atoms with Crippen molar-refractivity contribution >= 4 is 0 Å². The predicted octanol–water partition coefficient (Wildman–Crippen LogP) is 2.64. The molecule has 0 aromatic heterocycles. The van der Waals surface area contributed by atoms with E-state index in [1.54, 1.807) is 7.11 Å². The third-order valence-electron chi connectivity index (χ3n) is 4.58. The highest BCUT2D eigenvalue weighted by molar-refractivity contribution is 4.86. The Labute approximate surface area is 113 Å². The van der Waals surface area contributed by atoms with Gasteiger partial charge in [0.15, 0.2) is 0 Å². The minimum absolute atomic E-state index is 0.563. The molecule has 1 aliphatic rings. The first-order chi connectivity index (χ1) is 8.78. The van der Waals surface area contributed by atoms with E-state index in [1.165, 1.54) is 38.5 Å². The molecule has 0 spiro atoms. The van der Waals surface area contributed by atoms with Crippen molar-refractivity contribution in [2.75, 3.05) is 26.8 Å². The topological polar surface area (TPSA) is 38.5 Å². The van der Waals surface area contributed by atoms with Gasteiger partial charge in [0.1, 0.15) is 0 Å². The number of methoxy groups -OCH3 is 1. The Balaban J connectivity index is 2.69. The van der Waals surface area contributed by atoms with Crippen LogP contribution in [0.1, 0.15) is 52.4 Å². The second-order valence-electron chi connectivity index (χ2n) is 5.55. The van der Waals surface area contributed by atoms with Crippen LogP contribution in [-0.4, -0.2) is 43.8 Å². The van der Waals surface area contributed by atoms with Gasteiger partial charge in [-0.15, -0.1) is 0 Å². The number of nitrogens with zero attached hydrogens (tertiary/aromatic N) is 1. The molecule has 1 saturated carbocycles. The van der Waals surface area contributed by atoms with Crippen molar-refractivity contribution < 1.29 is 4.74 Å². The van der Waals surface area contributed by atoms with Gasteiger partial charge >= 0.3 is 0 Å². The third-order valence-corrected chi connectivity index (χ3v) is 4.58. The molecule has 3 heteroatoms. The maximum atomic E-state index is 6.09. The highest BCUT2D eigenvalue weighted by Crippen LogP contribution is 2.31. The average molecular weight is 256 g/mol. The summed E-state index contributed by atoms with van der Waals surface area (Å²) >= 11 is 0. The van der Waals surface area contributed by atoms with Crippen molar-refractivity contribution in [3.8, 4) is 0 Å². The summed E-state index contributed by atoms with van der Waals surface area (Å²) < 4.78 is 5.29. The van der Waals surface area contributed by atoms with Gasteiger partial charge in [-0.05, 0) is 31.6 Å². The van der Waals surface area contributed by atoms with E-state index in [0.717, 1.165) is 25.6 Å². The van der Waals surface area contributed by atoms with E-state index in [4.69, 9.17) is 10.5 Å². The van der Waals surface area contributed by atoms with Crippen molar-refractivity contribution in [3.05, 3.63) is 0 Å². The molecule has 3 nitrogen and oxygen atoms in total. The molecule has 0 aromatic carbocycles. The summed E-state index contributed by atoms with van der Waals surface area (Å²) in [6, 6.07) is 1.22. The minimum atomic E-state index is 0.563. The molecule has 108 valence electrons. The zero-order valence-corrected chi connectivity index (χ0v) is 12.5.